The van der Waals surface area contributed by atoms with Crippen LogP contribution in [0, 0.1) is 11.3 Å². The van der Waals surface area contributed by atoms with E-state index in [0.717, 1.165) is 11.3 Å². The van der Waals surface area contributed by atoms with E-state index in [9.17, 15) is 4.79 Å². The second kappa shape index (κ2) is 9.24. The van der Waals surface area contributed by atoms with Crippen molar-refractivity contribution in [3.8, 4) is 17.6 Å². The average molecular weight is 388 g/mol. The molecular weight excluding hydrogens is 368 g/mol. The fourth-order valence-corrected chi connectivity index (χ4v) is 2.70. The van der Waals surface area contributed by atoms with Gasteiger partial charge in [0.05, 0.1) is 44.2 Å². The Balaban J connectivity index is 1.59. The Hall–Kier alpha value is -4.05. The molecule has 7 nitrogen and oxygen atoms in total. The van der Waals surface area contributed by atoms with Gasteiger partial charge in [0.25, 0.3) is 0 Å². The highest BCUT2D eigenvalue weighted by Gasteiger charge is 2.09. The molecule has 0 spiro atoms. The summed E-state index contributed by atoms with van der Waals surface area (Å²) in [5.41, 5.74) is 2.82. The molecular formula is C22H20N4O3. The summed E-state index contributed by atoms with van der Waals surface area (Å²) in [6.45, 7) is 0. The molecule has 0 fully saturated rings. The van der Waals surface area contributed by atoms with E-state index in [0.29, 0.717) is 28.6 Å². The first-order chi connectivity index (χ1) is 14.1. The number of nitrogens with one attached hydrogen (secondary N) is 2. The van der Waals surface area contributed by atoms with E-state index in [1.807, 2.05) is 6.07 Å². The van der Waals surface area contributed by atoms with Crippen LogP contribution in [0.3, 0.4) is 0 Å². The Morgan fingerprint density at radius 3 is 2.34 bits per heavy atom. The van der Waals surface area contributed by atoms with E-state index in [2.05, 4.69) is 21.7 Å². The van der Waals surface area contributed by atoms with Gasteiger partial charge < -0.3 is 20.1 Å². The van der Waals surface area contributed by atoms with Crippen LogP contribution in [-0.2, 0) is 11.2 Å². The lowest BCUT2D eigenvalue weighted by Crippen LogP contribution is -2.14. The maximum atomic E-state index is 12.3. The zero-order valence-electron chi connectivity index (χ0n) is 16.1. The molecule has 2 aromatic carbocycles. The summed E-state index contributed by atoms with van der Waals surface area (Å²) >= 11 is 0. The number of pyridine rings is 1. The van der Waals surface area contributed by atoms with E-state index in [1.165, 1.54) is 0 Å². The maximum Gasteiger partial charge on any atom is 0.228 e. The third-order valence-corrected chi connectivity index (χ3v) is 4.15. The van der Waals surface area contributed by atoms with Crippen molar-refractivity contribution in [2.75, 3.05) is 24.9 Å². The summed E-state index contributed by atoms with van der Waals surface area (Å²) in [6, 6.07) is 18.1. The quantitative estimate of drug-likeness (QED) is 0.637. The maximum absolute atomic E-state index is 12.3. The first-order valence-corrected chi connectivity index (χ1v) is 8.85. The van der Waals surface area contributed by atoms with Gasteiger partial charge in [-0.05, 0) is 54.1 Å². The van der Waals surface area contributed by atoms with Gasteiger partial charge in [-0.1, -0.05) is 6.07 Å². The molecule has 1 heterocycles. The summed E-state index contributed by atoms with van der Waals surface area (Å²) in [6.07, 6.45) is 1.78. The second-order valence-electron chi connectivity index (χ2n) is 6.16. The van der Waals surface area contributed by atoms with Crippen molar-refractivity contribution in [3.63, 3.8) is 0 Å². The predicted molar refractivity (Wildman–Crippen MR) is 111 cm³/mol. The largest absolute Gasteiger partial charge is 0.493 e. The summed E-state index contributed by atoms with van der Waals surface area (Å²) in [5.74, 6) is 1.67. The van der Waals surface area contributed by atoms with Gasteiger partial charge >= 0.3 is 0 Å². The third kappa shape index (κ3) is 5.23. The monoisotopic (exact) mass is 388 g/mol. The van der Waals surface area contributed by atoms with E-state index >= 15 is 0 Å². The van der Waals surface area contributed by atoms with Gasteiger partial charge in [0.15, 0.2) is 11.5 Å². The van der Waals surface area contributed by atoms with Crippen molar-refractivity contribution in [3.05, 3.63) is 71.9 Å². The molecule has 7 heteroatoms. The lowest BCUT2D eigenvalue weighted by Gasteiger charge is -2.10. The van der Waals surface area contributed by atoms with Crippen LogP contribution in [0.5, 0.6) is 11.5 Å². The van der Waals surface area contributed by atoms with Crippen LogP contribution in [0.2, 0.25) is 0 Å². The molecule has 0 aliphatic carbocycles. The molecule has 0 atom stereocenters. The van der Waals surface area contributed by atoms with Crippen LogP contribution in [0.4, 0.5) is 17.2 Å². The number of carbonyl (C=O) groups excluding carboxylic acids is 1. The number of anilines is 3. The van der Waals surface area contributed by atoms with Gasteiger partial charge in [-0.25, -0.2) is 4.98 Å². The lowest BCUT2D eigenvalue weighted by atomic mass is 10.1. The smallest absolute Gasteiger partial charge is 0.228 e. The molecule has 29 heavy (non-hydrogen) atoms. The van der Waals surface area contributed by atoms with Gasteiger partial charge in [-0.3, -0.25) is 4.79 Å². The highest BCUT2D eigenvalue weighted by Crippen LogP contribution is 2.27. The Morgan fingerprint density at radius 1 is 1.00 bits per heavy atom. The summed E-state index contributed by atoms with van der Waals surface area (Å²) in [7, 11) is 3.12. The first kappa shape index (κ1) is 19.7. The van der Waals surface area contributed by atoms with Crippen molar-refractivity contribution in [2.24, 2.45) is 0 Å². The van der Waals surface area contributed by atoms with Crippen LogP contribution < -0.4 is 20.1 Å². The van der Waals surface area contributed by atoms with Gasteiger partial charge in [0.2, 0.25) is 5.91 Å². The zero-order chi connectivity index (χ0) is 20.6. The van der Waals surface area contributed by atoms with Crippen LogP contribution in [-0.4, -0.2) is 25.1 Å². The molecule has 1 aromatic heterocycles. The van der Waals surface area contributed by atoms with Crippen molar-refractivity contribution in [1.29, 1.82) is 5.26 Å². The van der Waals surface area contributed by atoms with Crippen molar-refractivity contribution in [1.82, 2.24) is 4.98 Å². The minimum Gasteiger partial charge on any atom is -0.493 e. The lowest BCUT2D eigenvalue weighted by molar-refractivity contribution is -0.115. The van der Waals surface area contributed by atoms with E-state index in [-0.39, 0.29) is 12.3 Å². The Bertz CT molecular complexity index is 1030. The number of methoxy groups -OCH3 is 2. The van der Waals surface area contributed by atoms with Crippen molar-refractivity contribution >= 4 is 23.1 Å². The number of nitrogens with zero attached hydrogens (tertiary/aromatic N) is 2. The van der Waals surface area contributed by atoms with Crippen LogP contribution in [0.15, 0.2) is 60.8 Å². The van der Waals surface area contributed by atoms with Crippen molar-refractivity contribution in [2.45, 2.75) is 6.42 Å². The predicted octanol–water partition coefficient (Wildman–Crippen LogP) is 3.90. The van der Waals surface area contributed by atoms with E-state index in [1.54, 1.807) is 68.9 Å². The topological polar surface area (TPSA) is 96.3 Å². The highest BCUT2D eigenvalue weighted by molar-refractivity contribution is 5.92. The average Bonchev–Trinajstić information content (AvgIpc) is 2.75. The number of ether oxygens (including phenoxy) is 2. The Labute approximate surface area is 168 Å². The van der Waals surface area contributed by atoms with E-state index < -0.39 is 0 Å². The molecule has 3 rings (SSSR count). The fourth-order valence-electron chi connectivity index (χ4n) is 2.70. The minimum atomic E-state index is -0.160. The molecule has 2 N–H and O–H groups in total. The molecule has 146 valence electrons. The van der Waals surface area contributed by atoms with E-state index in [4.69, 9.17) is 14.7 Å². The SMILES string of the molecule is COc1ccc(CC(=O)Nc2ccc(Nc3ccc(C#N)cc3)nc2)cc1OC. The highest BCUT2D eigenvalue weighted by atomic mass is 16.5. The normalized spacial score (nSPS) is 9.97. The molecule has 0 bridgehead atoms. The first-order valence-electron chi connectivity index (χ1n) is 8.85. The fraction of sp³-hybridized carbons (Fsp3) is 0.136. The summed E-state index contributed by atoms with van der Waals surface area (Å²) in [5, 5.41) is 14.8. The number of aromatic nitrogens is 1. The second-order valence-corrected chi connectivity index (χ2v) is 6.16. The van der Waals surface area contributed by atoms with Crippen LogP contribution >= 0.6 is 0 Å². The number of hydrogen-bond donors (Lipinski definition) is 2. The molecule has 0 saturated carbocycles. The number of benzene rings is 2. The minimum absolute atomic E-state index is 0.160. The third-order valence-electron chi connectivity index (χ3n) is 4.15. The van der Waals surface area contributed by atoms with Gasteiger partial charge in [-0.2, -0.15) is 5.26 Å². The summed E-state index contributed by atoms with van der Waals surface area (Å²) < 4.78 is 10.5. The zero-order valence-corrected chi connectivity index (χ0v) is 16.1. The standard InChI is InChI=1S/C22H20N4O3/c1-28-19-9-5-16(11-20(19)29-2)12-22(27)26-18-8-10-21(24-14-18)25-17-6-3-15(13-23)4-7-17/h3-11,14H,12H2,1-2H3,(H,24,25)(H,26,27). The number of hydrogen-bond acceptors (Lipinski definition) is 6. The molecule has 0 radical (unpaired) electrons. The van der Waals surface area contributed by atoms with Gasteiger partial charge in [-0.15, -0.1) is 0 Å². The van der Waals surface area contributed by atoms with Crippen LogP contribution in [0.1, 0.15) is 11.1 Å². The molecule has 1 amide bonds. The molecule has 0 unspecified atom stereocenters. The molecule has 0 aliphatic rings. The molecule has 0 aliphatic heterocycles. The van der Waals surface area contributed by atoms with Gasteiger partial charge in [0, 0.05) is 5.69 Å². The van der Waals surface area contributed by atoms with Crippen LogP contribution in [0.25, 0.3) is 0 Å². The summed E-state index contributed by atoms with van der Waals surface area (Å²) in [4.78, 5) is 16.6. The Kier molecular flexibility index (Phi) is 6.28. The van der Waals surface area contributed by atoms with Crippen molar-refractivity contribution < 1.29 is 14.3 Å². The number of carbonyl (C=O) groups is 1. The number of nitriles is 1. The molecule has 3 aromatic rings. The Morgan fingerprint density at radius 2 is 1.72 bits per heavy atom. The number of rotatable bonds is 7. The number of amides is 1. The van der Waals surface area contributed by atoms with Gasteiger partial charge in [0.1, 0.15) is 5.82 Å². The molecule has 0 saturated heterocycles.